The van der Waals surface area contributed by atoms with Crippen LogP contribution >= 0.6 is 0 Å². The Balaban J connectivity index is 1.44. The van der Waals surface area contributed by atoms with E-state index in [0.29, 0.717) is 0 Å². The SMILES string of the molecule is C1=CC2C(CC1)N(c1ccccc1)c1ccccc1C21c2ccccc2-c2c(-c3cccnc3)nc(-c3ccccc3)nc21. The molecule has 4 aromatic carbocycles. The molecule has 3 heterocycles. The average Bonchev–Trinajstić information content (AvgIpc) is 3.40. The molecule has 0 bridgehead atoms. The van der Waals surface area contributed by atoms with Gasteiger partial charge in [0, 0.05) is 52.4 Å². The average molecular weight is 567 g/mol. The summed E-state index contributed by atoms with van der Waals surface area (Å²) in [4.78, 5) is 18.0. The molecule has 1 spiro atoms. The van der Waals surface area contributed by atoms with Crippen molar-refractivity contribution in [3.63, 3.8) is 0 Å². The van der Waals surface area contributed by atoms with E-state index in [1.165, 1.54) is 28.1 Å². The summed E-state index contributed by atoms with van der Waals surface area (Å²) >= 11 is 0. The molecule has 0 amide bonds. The number of rotatable bonds is 3. The van der Waals surface area contributed by atoms with E-state index in [2.05, 4.69) is 131 Å². The fourth-order valence-corrected chi connectivity index (χ4v) is 8.05. The van der Waals surface area contributed by atoms with E-state index in [0.717, 1.165) is 46.7 Å². The number of anilines is 2. The van der Waals surface area contributed by atoms with Crippen LogP contribution in [-0.2, 0) is 5.41 Å². The molecule has 6 aromatic rings. The Bertz CT molecular complexity index is 2040. The number of pyridine rings is 1. The van der Waals surface area contributed by atoms with Gasteiger partial charge in [-0.15, -0.1) is 0 Å². The van der Waals surface area contributed by atoms with Gasteiger partial charge in [0.2, 0.25) is 0 Å². The number of aromatic nitrogens is 3. The van der Waals surface area contributed by atoms with Crippen molar-refractivity contribution in [2.75, 3.05) is 4.90 Å². The highest BCUT2D eigenvalue weighted by molar-refractivity contribution is 5.94. The molecule has 0 radical (unpaired) electrons. The second-order valence-electron chi connectivity index (χ2n) is 11.9. The number of fused-ring (bicyclic) bond motifs is 9. The van der Waals surface area contributed by atoms with Crippen molar-refractivity contribution in [2.24, 2.45) is 5.92 Å². The summed E-state index contributed by atoms with van der Waals surface area (Å²) in [6, 6.07) is 43.6. The van der Waals surface area contributed by atoms with Crippen LogP contribution in [0.15, 0.2) is 146 Å². The maximum atomic E-state index is 5.61. The van der Waals surface area contributed by atoms with Gasteiger partial charge in [0.15, 0.2) is 5.82 Å². The molecule has 2 aromatic heterocycles. The van der Waals surface area contributed by atoms with Crippen LogP contribution in [0.3, 0.4) is 0 Å². The Labute approximate surface area is 257 Å². The maximum absolute atomic E-state index is 5.61. The highest BCUT2D eigenvalue weighted by Crippen LogP contribution is 2.64. The quantitative estimate of drug-likeness (QED) is 0.201. The molecule has 3 atom stereocenters. The number of allylic oxidation sites excluding steroid dienone is 1. The summed E-state index contributed by atoms with van der Waals surface area (Å²) in [7, 11) is 0. The van der Waals surface area contributed by atoms with Gasteiger partial charge >= 0.3 is 0 Å². The summed E-state index contributed by atoms with van der Waals surface area (Å²) in [6.07, 6.45) is 10.8. The van der Waals surface area contributed by atoms with Crippen LogP contribution in [0, 0.1) is 5.92 Å². The molecule has 4 heteroatoms. The van der Waals surface area contributed by atoms with E-state index < -0.39 is 5.41 Å². The zero-order chi connectivity index (χ0) is 29.1. The van der Waals surface area contributed by atoms with Gasteiger partial charge in [-0.25, -0.2) is 9.97 Å². The van der Waals surface area contributed by atoms with E-state index in [9.17, 15) is 0 Å². The van der Waals surface area contributed by atoms with E-state index in [1.54, 1.807) is 0 Å². The van der Waals surface area contributed by atoms with Crippen LogP contribution in [0.4, 0.5) is 11.4 Å². The lowest BCUT2D eigenvalue weighted by molar-refractivity contribution is 0.327. The number of nitrogens with zero attached hydrogens (tertiary/aromatic N) is 4. The maximum Gasteiger partial charge on any atom is 0.160 e. The standard InChI is InChI=1S/C40H30N4/c1-3-14-27(15-4-1)39-42-37(28-16-13-25-41-26-28)36-30-19-7-8-20-31(30)40(38(36)43-39)32-21-9-11-23-34(32)44(29-17-5-2-6-18-29)35-24-12-10-22-33(35)40/h1-11,13-23,25-26,33,35H,12,24H2. The highest BCUT2D eigenvalue weighted by atomic mass is 15.2. The van der Waals surface area contributed by atoms with Crippen molar-refractivity contribution in [2.45, 2.75) is 24.3 Å². The van der Waals surface area contributed by atoms with Crippen molar-refractivity contribution in [1.82, 2.24) is 15.0 Å². The summed E-state index contributed by atoms with van der Waals surface area (Å²) in [6.45, 7) is 0. The molecule has 1 aliphatic heterocycles. The zero-order valence-electron chi connectivity index (χ0n) is 24.2. The molecule has 44 heavy (non-hydrogen) atoms. The minimum Gasteiger partial charge on any atom is -0.337 e. The van der Waals surface area contributed by atoms with Gasteiger partial charge in [-0.1, -0.05) is 103 Å². The molecule has 0 N–H and O–H groups in total. The van der Waals surface area contributed by atoms with Crippen molar-refractivity contribution < 1.29 is 0 Å². The van der Waals surface area contributed by atoms with Crippen molar-refractivity contribution in [3.05, 3.63) is 163 Å². The summed E-state index contributed by atoms with van der Waals surface area (Å²) < 4.78 is 0. The summed E-state index contributed by atoms with van der Waals surface area (Å²) in [5.41, 5.74) is 11.0. The Morgan fingerprint density at radius 2 is 1.41 bits per heavy atom. The molecule has 0 saturated heterocycles. The van der Waals surface area contributed by atoms with Crippen LogP contribution in [-0.4, -0.2) is 21.0 Å². The molecule has 2 aliphatic carbocycles. The van der Waals surface area contributed by atoms with E-state index in [-0.39, 0.29) is 12.0 Å². The lowest BCUT2D eigenvalue weighted by atomic mass is 9.58. The monoisotopic (exact) mass is 566 g/mol. The second-order valence-corrected chi connectivity index (χ2v) is 11.9. The highest BCUT2D eigenvalue weighted by Gasteiger charge is 2.58. The first-order valence-corrected chi connectivity index (χ1v) is 15.4. The molecular formula is C40H30N4. The number of hydrogen-bond donors (Lipinski definition) is 0. The van der Waals surface area contributed by atoms with Crippen LogP contribution in [0.5, 0.6) is 0 Å². The normalized spacial score (nSPS) is 21.0. The van der Waals surface area contributed by atoms with Crippen molar-refractivity contribution >= 4 is 11.4 Å². The zero-order valence-corrected chi connectivity index (χ0v) is 24.2. The first kappa shape index (κ1) is 25.2. The van der Waals surface area contributed by atoms with Gasteiger partial charge in [-0.05, 0) is 59.9 Å². The Hall–Kier alpha value is -5.35. The second kappa shape index (κ2) is 9.85. The number of hydrogen-bond acceptors (Lipinski definition) is 4. The van der Waals surface area contributed by atoms with Gasteiger partial charge in [-0.2, -0.15) is 0 Å². The van der Waals surface area contributed by atoms with Crippen LogP contribution < -0.4 is 4.90 Å². The number of para-hydroxylation sites is 2. The molecule has 0 fully saturated rings. The molecular weight excluding hydrogens is 536 g/mol. The summed E-state index contributed by atoms with van der Waals surface area (Å²) in [5.74, 6) is 0.906. The van der Waals surface area contributed by atoms with Gasteiger partial charge in [0.05, 0.1) is 16.8 Å². The third-order valence-electron chi connectivity index (χ3n) is 9.71. The predicted octanol–water partition coefficient (Wildman–Crippen LogP) is 9.01. The third-order valence-corrected chi connectivity index (χ3v) is 9.71. The first-order valence-electron chi connectivity index (χ1n) is 15.4. The molecule has 3 unspecified atom stereocenters. The smallest absolute Gasteiger partial charge is 0.160 e. The fraction of sp³-hybridized carbons (Fsp3) is 0.125. The summed E-state index contributed by atoms with van der Waals surface area (Å²) in [5, 5.41) is 0. The van der Waals surface area contributed by atoms with Gasteiger partial charge in [-0.3, -0.25) is 4.98 Å². The van der Waals surface area contributed by atoms with Crippen molar-refractivity contribution in [1.29, 1.82) is 0 Å². The molecule has 210 valence electrons. The van der Waals surface area contributed by atoms with Gasteiger partial charge in [0.1, 0.15) is 0 Å². The molecule has 4 nitrogen and oxygen atoms in total. The van der Waals surface area contributed by atoms with Gasteiger partial charge in [0.25, 0.3) is 0 Å². The van der Waals surface area contributed by atoms with E-state index >= 15 is 0 Å². The molecule has 3 aliphatic rings. The minimum atomic E-state index is -0.487. The predicted molar refractivity (Wildman–Crippen MR) is 177 cm³/mol. The Morgan fingerprint density at radius 1 is 0.682 bits per heavy atom. The fourth-order valence-electron chi connectivity index (χ4n) is 8.05. The largest absolute Gasteiger partial charge is 0.337 e. The minimum absolute atomic E-state index is 0.161. The van der Waals surface area contributed by atoms with Gasteiger partial charge < -0.3 is 4.90 Å². The van der Waals surface area contributed by atoms with Crippen molar-refractivity contribution in [3.8, 4) is 33.8 Å². The first-order chi connectivity index (χ1) is 21.9. The lowest BCUT2D eigenvalue weighted by Crippen LogP contribution is -2.54. The van der Waals surface area contributed by atoms with Crippen LogP contribution in [0.25, 0.3) is 33.8 Å². The van der Waals surface area contributed by atoms with E-state index in [1.807, 2.05) is 24.5 Å². The third kappa shape index (κ3) is 3.48. The molecule has 9 rings (SSSR count). The molecule has 0 saturated carbocycles. The van der Waals surface area contributed by atoms with Crippen LogP contribution in [0.1, 0.15) is 29.7 Å². The van der Waals surface area contributed by atoms with E-state index in [4.69, 9.17) is 9.97 Å². The topological polar surface area (TPSA) is 41.9 Å². The Morgan fingerprint density at radius 3 is 2.23 bits per heavy atom. The number of benzene rings is 4. The Kier molecular flexibility index (Phi) is 5.64. The lowest BCUT2D eigenvalue weighted by Gasteiger charge is -2.53. The van der Waals surface area contributed by atoms with Crippen LogP contribution in [0.2, 0.25) is 0 Å².